The van der Waals surface area contributed by atoms with Gasteiger partial charge < -0.3 is 10.2 Å². The SMILES string of the molecule is CC(C)(CCCC(=O)O)C(C)(C)C(=O)O.[Bi]. The van der Waals surface area contributed by atoms with E-state index in [0.717, 1.165) is 0 Å². The van der Waals surface area contributed by atoms with E-state index in [1.54, 1.807) is 13.8 Å². The van der Waals surface area contributed by atoms with Crippen molar-refractivity contribution in [2.45, 2.75) is 47.0 Å². The summed E-state index contributed by atoms with van der Waals surface area (Å²) in [6, 6.07) is 0. The smallest absolute Gasteiger partial charge is 0.309 e. The van der Waals surface area contributed by atoms with Gasteiger partial charge in [0.15, 0.2) is 0 Å². The Bertz CT molecular complexity index is 259. The Morgan fingerprint density at radius 2 is 1.50 bits per heavy atom. The Labute approximate surface area is 116 Å². The van der Waals surface area contributed by atoms with Crippen molar-refractivity contribution in [3.8, 4) is 0 Å². The van der Waals surface area contributed by atoms with Crippen LogP contribution in [0.15, 0.2) is 0 Å². The molecule has 0 atom stereocenters. The molecule has 2 N–H and O–H groups in total. The van der Waals surface area contributed by atoms with Crippen LogP contribution in [0.3, 0.4) is 0 Å². The van der Waals surface area contributed by atoms with Crippen LogP contribution in [-0.4, -0.2) is 48.4 Å². The van der Waals surface area contributed by atoms with Crippen LogP contribution in [0.1, 0.15) is 47.0 Å². The first-order valence-corrected chi connectivity index (χ1v) is 5.06. The molecule has 0 heterocycles. The van der Waals surface area contributed by atoms with Gasteiger partial charge in [-0.1, -0.05) is 13.8 Å². The number of hydrogen-bond donors (Lipinski definition) is 2. The molecule has 0 saturated heterocycles. The molecule has 4 nitrogen and oxygen atoms in total. The van der Waals surface area contributed by atoms with Crippen molar-refractivity contribution in [2.24, 2.45) is 10.8 Å². The van der Waals surface area contributed by atoms with Crippen LogP contribution in [0.5, 0.6) is 0 Å². The van der Waals surface area contributed by atoms with Gasteiger partial charge in [-0.15, -0.1) is 0 Å². The minimum absolute atomic E-state index is 0. The van der Waals surface area contributed by atoms with Crippen LogP contribution in [0.2, 0.25) is 0 Å². The summed E-state index contributed by atoms with van der Waals surface area (Å²) in [5, 5.41) is 17.6. The predicted octanol–water partition coefficient (Wildman–Crippen LogP) is 2.00. The van der Waals surface area contributed by atoms with E-state index >= 15 is 0 Å². The Balaban J connectivity index is 0. The van der Waals surface area contributed by atoms with E-state index in [4.69, 9.17) is 10.2 Å². The molecule has 0 fully saturated rings. The largest absolute Gasteiger partial charge is 0.481 e. The maximum absolute atomic E-state index is 11.0. The molecule has 0 aromatic rings. The summed E-state index contributed by atoms with van der Waals surface area (Å²) in [6.07, 6.45) is 1.21. The van der Waals surface area contributed by atoms with Gasteiger partial charge in [0.2, 0.25) is 0 Å². The summed E-state index contributed by atoms with van der Waals surface area (Å²) in [7, 11) is 0. The second kappa shape index (κ2) is 6.53. The molecule has 0 bridgehead atoms. The van der Waals surface area contributed by atoms with Crippen LogP contribution >= 0.6 is 0 Å². The van der Waals surface area contributed by atoms with Crippen LogP contribution in [-0.2, 0) is 9.59 Å². The summed E-state index contributed by atoms with van der Waals surface area (Å²) >= 11 is 0. The van der Waals surface area contributed by atoms with Gasteiger partial charge in [-0.2, -0.15) is 0 Å². The van der Waals surface area contributed by atoms with Crippen LogP contribution in [0.25, 0.3) is 0 Å². The first kappa shape index (κ1) is 18.2. The Hall–Kier alpha value is -0.177. The van der Waals surface area contributed by atoms with Crippen molar-refractivity contribution in [1.29, 1.82) is 0 Å². The van der Waals surface area contributed by atoms with Gasteiger partial charge in [-0.05, 0) is 32.1 Å². The van der Waals surface area contributed by atoms with Gasteiger partial charge >= 0.3 is 11.9 Å². The van der Waals surface area contributed by atoms with Crippen LogP contribution in [0, 0.1) is 10.8 Å². The fourth-order valence-electron chi connectivity index (χ4n) is 1.28. The minimum Gasteiger partial charge on any atom is -0.481 e. The standard InChI is InChI=1S/C11H20O4.Bi/c1-10(2,7-5-6-8(12)13)11(3,4)9(14)15;/h5-7H2,1-4H3,(H,12,13)(H,14,15);. The van der Waals surface area contributed by atoms with Gasteiger partial charge in [0.1, 0.15) is 0 Å². The second-order valence-electron chi connectivity index (χ2n) is 5.06. The molecular weight excluding hydrogens is 405 g/mol. The quantitative estimate of drug-likeness (QED) is 0.639. The molecule has 0 rings (SSSR count). The van der Waals surface area contributed by atoms with Crippen LogP contribution < -0.4 is 0 Å². The fraction of sp³-hybridized carbons (Fsp3) is 0.818. The molecular formula is C11H20BiO4. The van der Waals surface area contributed by atoms with Gasteiger partial charge in [-0.25, -0.2) is 0 Å². The number of carboxylic acids is 2. The third kappa shape index (κ3) is 4.77. The van der Waals surface area contributed by atoms with E-state index in [9.17, 15) is 9.59 Å². The zero-order chi connectivity index (χ0) is 12.3. The van der Waals surface area contributed by atoms with E-state index in [1.165, 1.54) is 0 Å². The summed E-state index contributed by atoms with van der Waals surface area (Å²) in [5.41, 5.74) is -1.25. The van der Waals surface area contributed by atoms with E-state index in [1.807, 2.05) is 13.8 Å². The summed E-state index contributed by atoms with van der Waals surface area (Å²) < 4.78 is 0. The molecule has 0 unspecified atom stereocenters. The first-order chi connectivity index (χ1) is 6.61. The molecule has 16 heavy (non-hydrogen) atoms. The zero-order valence-corrected chi connectivity index (χ0v) is 13.8. The van der Waals surface area contributed by atoms with Gasteiger partial charge in [-0.3, -0.25) is 9.59 Å². The molecule has 0 aliphatic heterocycles. The fourth-order valence-corrected chi connectivity index (χ4v) is 1.28. The van der Waals surface area contributed by atoms with Crippen molar-refractivity contribution >= 4 is 38.1 Å². The molecule has 0 amide bonds. The normalized spacial score (nSPS) is 11.8. The zero-order valence-electron chi connectivity index (χ0n) is 10.3. The molecule has 0 aromatic heterocycles. The summed E-state index contributed by atoms with van der Waals surface area (Å²) in [6.45, 7) is 7.08. The number of carbonyl (C=O) groups is 2. The Morgan fingerprint density at radius 3 is 1.81 bits per heavy atom. The van der Waals surface area contributed by atoms with E-state index in [2.05, 4.69) is 0 Å². The third-order valence-corrected chi connectivity index (χ3v) is 3.42. The Kier molecular flexibility index (Phi) is 7.43. The molecule has 93 valence electrons. The van der Waals surface area contributed by atoms with Gasteiger partial charge in [0, 0.05) is 32.6 Å². The maximum Gasteiger partial charge on any atom is 0.309 e. The van der Waals surface area contributed by atoms with Gasteiger partial charge in [0.05, 0.1) is 5.41 Å². The maximum atomic E-state index is 11.0. The van der Waals surface area contributed by atoms with Crippen molar-refractivity contribution < 1.29 is 19.8 Å². The molecule has 0 aliphatic rings. The topological polar surface area (TPSA) is 74.6 Å². The van der Waals surface area contributed by atoms with Gasteiger partial charge in [0.25, 0.3) is 0 Å². The number of aliphatic carboxylic acids is 2. The molecule has 0 aromatic carbocycles. The molecule has 0 saturated carbocycles. The first-order valence-electron chi connectivity index (χ1n) is 5.06. The molecule has 0 aliphatic carbocycles. The van der Waals surface area contributed by atoms with E-state index < -0.39 is 22.8 Å². The molecule has 5 heteroatoms. The van der Waals surface area contributed by atoms with Crippen molar-refractivity contribution in [1.82, 2.24) is 0 Å². The van der Waals surface area contributed by atoms with Crippen molar-refractivity contribution in [2.75, 3.05) is 0 Å². The second-order valence-corrected chi connectivity index (χ2v) is 5.06. The molecule has 3 radical (unpaired) electrons. The van der Waals surface area contributed by atoms with Crippen molar-refractivity contribution in [3.05, 3.63) is 0 Å². The monoisotopic (exact) mass is 425 g/mol. The van der Waals surface area contributed by atoms with Crippen molar-refractivity contribution in [3.63, 3.8) is 0 Å². The number of carboxylic acid groups (broad SMARTS) is 2. The third-order valence-electron chi connectivity index (χ3n) is 3.42. The van der Waals surface area contributed by atoms with E-state index in [0.29, 0.717) is 12.8 Å². The number of rotatable bonds is 6. The summed E-state index contributed by atoms with van der Waals surface area (Å²) in [5.74, 6) is -1.68. The molecule has 0 spiro atoms. The predicted molar refractivity (Wildman–Crippen MR) is 62.4 cm³/mol. The van der Waals surface area contributed by atoms with Crippen LogP contribution in [0.4, 0.5) is 0 Å². The average Bonchev–Trinajstić information content (AvgIpc) is 2.02. The number of hydrogen-bond acceptors (Lipinski definition) is 2. The van der Waals surface area contributed by atoms with E-state index in [-0.39, 0.29) is 32.6 Å². The Morgan fingerprint density at radius 1 is 1.06 bits per heavy atom. The minimum atomic E-state index is -0.845. The summed E-state index contributed by atoms with van der Waals surface area (Å²) in [4.78, 5) is 21.4. The average molecular weight is 425 g/mol.